The molecule has 0 aliphatic heterocycles. The van der Waals surface area contributed by atoms with Crippen molar-refractivity contribution >= 4 is 15.9 Å². The van der Waals surface area contributed by atoms with Gasteiger partial charge in [0.15, 0.2) is 0 Å². The summed E-state index contributed by atoms with van der Waals surface area (Å²) in [5.41, 5.74) is 0.00597. The number of amides is 1. The standard InChI is InChI=1S/C18H17F5N2O4S/c1-11(14-4-2-3-5-15(14)29-17(19)20)25-30(27,28)13-8-6-12(7-9-13)16(26)24-10-18(21,22)23/h2-9,11,17,25H,10H2,1H3,(H,24,26). The highest BCUT2D eigenvalue weighted by Crippen LogP contribution is 2.27. The van der Waals surface area contributed by atoms with Gasteiger partial charge in [0, 0.05) is 17.2 Å². The predicted octanol–water partition coefficient (Wildman–Crippen LogP) is 3.62. The molecule has 0 aromatic heterocycles. The highest BCUT2D eigenvalue weighted by molar-refractivity contribution is 7.89. The van der Waals surface area contributed by atoms with Crippen molar-refractivity contribution < 1.29 is 39.9 Å². The lowest BCUT2D eigenvalue weighted by Crippen LogP contribution is -2.33. The van der Waals surface area contributed by atoms with Crippen molar-refractivity contribution in [2.45, 2.75) is 30.6 Å². The summed E-state index contributed by atoms with van der Waals surface area (Å²) in [4.78, 5) is 11.4. The number of rotatable bonds is 8. The molecule has 0 saturated carbocycles. The van der Waals surface area contributed by atoms with Crippen LogP contribution in [0.15, 0.2) is 53.4 Å². The van der Waals surface area contributed by atoms with Crippen LogP contribution in [0.3, 0.4) is 0 Å². The molecule has 1 atom stereocenters. The number of halogens is 5. The minimum absolute atomic E-state index is 0.165. The molecule has 0 radical (unpaired) electrons. The topological polar surface area (TPSA) is 84.5 Å². The smallest absolute Gasteiger partial charge is 0.405 e. The molecule has 0 aliphatic rings. The largest absolute Gasteiger partial charge is 0.434 e. The summed E-state index contributed by atoms with van der Waals surface area (Å²) in [5, 5.41) is 1.67. The van der Waals surface area contributed by atoms with Crippen molar-refractivity contribution in [3.63, 3.8) is 0 Å². The van der Waals surface area contributed by atoms with E-state index in [9.17, 15) is 35.2 Å². The van der Waals surface area contributed by atoms with Crippen molar-refractivity contribution in [2.75, 3.05) is 6.54 Å². The van der Waals surface area contributed by atoms with Gasteiger partial charge in [0.05, 0.1) is 4.90 Å². The molecule has 1 amide bonds. The summed E-state index contributed by atoms with van der Waals surface area (Å²) >= 11 is 0. The summed E-state index contributed by atoms with van der Waals surface area (Å²) in [6.07, 6.45) is -4.58. The fourth-order valence-electron chi connectivity index (χ4n) is 2.47. The number of hydrogen-bond acceptors (Lipinski definition) is 4. The molecule has 2 aromatic rings. The average Bonchev–Trinajstić information content (AvgIpc) is 2.65. The zero-order valence-corrected chi connectivity index (χ0v) is 16.2. The van der Waals surface area contributed by atoms with Crippen molar-refractivity contribution in [1.29, 1.82) is 0 Å². The Morgan fingerprint density at radius 3 is 2.23 bits per heavy atom. The van der Waals surface area contributed by atoms with Crippen molar-refractivity contribution in [3.8, 4) is 5.75 Å². The highest BCUT2D eigenvalue weighted by Gasteiger charge is 2.28. The molecule has 1 unspecified atom stereocenters. The minimum Gasteiger partial charge on any atom is -0.434 e. The minimum atomic E-state index is -4.58. The third kappa shape index (κ3) is 6.66. The first kappa shape index (κ1) is 23.5. The van der Waals surface area contributed by atoms with Gasteiger partial charge in [0.1, 0.15) is 12.3 Å². The predicted molar refractivity (Wildman–Crippen MR) is 96.6 cm³/mol. The molecule has 0 spiro atoms. The van der Waals surface area contributed by atoms with E-state index in [1.165, 1.54) is 31.2 Å². The molecule has 6 nitrogen and oxygen atoms in total. The molecule has 0 bridgehead atoms. The molecule has 2 N–H and O–H groups in total. The van der Waals surface area contributed by atoms with Crippen molar-refractivity contribution in [1.82, 2.24) is 10.0 Å². The molecule has 0 fully saturated rings. The van der Waals surface area contributed by atoms with E-state index in [0.717, 1.165) is 24.3 Å². The first-order valence-corrected chi connectivity index (χ1v) is 9.88. The molecular weight excluding hydrogens is 435 g/mol. The highest BCUT2D eigenvalue weighted by atomic mass is 32.2. The van der Waals surface area contributed by atoms with Crippen LogP contribution in [0, 0.1) is 0 Å². The van der Waals surface area contributed by atoms with Crippen LogP contribution >= 0.6 is 0 Å². The molecule has 2 rings (SSSR count). The zero-order chi connectivity index (χ0) is 22.5. The van der Waals surface area contributed by atoms with Gasteiger partial charge in [0.2, 0.25) is 10.0 Å². The normalized spacial score (nSPS) is 13.2. The van der Waals surface area contributed by atoms with Crippen LogP contribution in [0.5, 0.6) is 5.75 Å². The average molecular weight is 452 g/mol. The number of carbonyl (C=O) groups excluding carboxylic acids is 1. The summed E-state index contributed by atoms with van der Waals surface area (Å²) in [7, 11) is -4.14. The maximum Gasteiger partial charge on any atom is 0.405 e. The molecule has 0 aliphatic carbocycles. The Morgan fingerprint density at radius 2 is 1.67 bits per heavy atom. The second-order valence-corrected chi connectivity index (χ2v) is 7.80. The Bertz CT molecular complexity index is 979. The Morgan fingerprint density at radius 1 is 1.07 bits per heavy atom. The van der Waals surface area contributed by atoms with E-state index in [-0.39, 0.29) is 21.8 Å². The maximum absolute atomic E-state index is 12.5. The number of sulfonamides is 1. The molecule has 0 heterocycles. The first-order valence-electron chi connectivity index (χ1n) is 8.40. The number of nitrogens with one attached hydrogen (secondary N) is 2. The Labute approximate surface area is 169 Å². The van der Waals surface area contributed by atoms with E-state index >= 15 is 0 Å². The SMILES string of the molecule is CC(NS(=O)(=O)c1ccc(C(=O)NCC(F)(F)F)cc1)c1ccccc1OC(F)F. The van der Waals surface area contributed by atoms with Gasteiger partial charge < -0.3 is 10.1 Å². The van der Waals surface area contributed by atoms with E-state index in [1.807, 2.05) is 0 Å². The van der Waals surface area contributed by atoms with E-state index in [1.54, 1.807) is 5.32 Å². The van der Waals surface area contributed by atoms with Gasteiger partial charge in [0.25, 0.3) is 5.91 Å². The first-order chi connectivity index (χ1) is 13.9. The quantitative estimate of drug-likeness (QED) is 0.600. The number of ether oxygens (including phenoxy) is 1. The molecule has 0 saturated heterocycles. The Kier molecular flexibility index (Phi) is 7.37. The van der Waals surface area contributed by atoms with Crippen LogP contribution in [-0.2, 0) is 10.0 Å². The van der Waals surface area contributed by atoms with Gasteiger partial charge in [-0.15, -0.1) is 0 Å². The number of carbonyl (C=O) groups is 1. The fourth-order valence-corrected chi connectivity index (χ4v) is 3.70. The van der Waals surface area contributed by atoms with Gasteiger partial charge in [-0.2, -0.15) is 22.0 Å². The lowest BCUT2D eigenvalue weighted by atomic mass is 10.1. The number of hydrogen-bond donors (Lipinski definition) is 2. The molecule has 2 aromatic carbocycles. The third-order valence-electron chi connectivity index (χ3n) is 3.81. The van der Waals surface area contributed by atoms with Crippen LogP contribution in [0.2, 0.25) is 0 Å². The maximum atomic E-state index is 12.5. The lowest BCUT2D eigenvalue weighted by molar-refractivity contribution is -0.123. The summed E-state index contributed by atoms with van der Waals surface area (Å²) < 4.78 is 93.3. The van der Waals surface area contributed by atoms with Crippen LogP contribution in [0.4, 0.5) is 22.0 Å². The lowest BCUT2D eigenvalue weighted by Gasteiger charge is -2.18. The summed E-state index contributed by atoms with van der Waals surface area (Å²) in [5.74, 6) is -1.21. The summed E-state index contributed by atoms with van der Waals surface area (Å²) in [6.45, 7) is -3.19. The van der Waals surface area contributed by atoms with E-state index in [0.29, 0.717) is 0 Å². The molecular formula is C18H17F5N2O4S. The number of benzene rings is 2. The van der Waals surface area contributed by atoms with Gasteiger partial charge in [-0.05, 0) is 37.3 Å². The molecule has 164 valence electrons. The van der Waals surface area contributed by atoms with Gasteiger partial charge >= 0.3 is 12.8 Å². The fraction of sp³-hybridized carbons (Fsp3) is 0.278. The van der Waals surface area contributed by atoms with Gasteiger partial charge in [-0.25, -0.2) is 13.1 Å². The third-order valence-corrected chi connectivity index (χ3v) is 5.37. The second kappa shape index (κ2) is 9.39. The number of alkyl halides is 5. The van der Waals surface area contributed by atoms with Crippen LogP contribution in [0.25, 0.3) is 0 Å². The summed E-state index contributed by atoms with van der Waals surface area (Å²) in [6, 6.07) is 8.90. The van der Waals surface area contributed by atoms with E-state index < -0.39 is 41.3 Å². The Balaban J connectivity index is 2.13. The van der Waals surface area contributed by atoms with Crippen LogP contribution < -0.4 is 14.8 Å². The monoisotopic (exact) mass is 452 g/mol. The molecule has 30 heavy (non-hydrogen) atoms. The number of para-hydroxylation sites is 1. The van der Waals surface area contributed by atoms with E-state index in [4.69, 9.17) is 0 Å². The van der Waals surface area contributed by atoms with Crippen molar-refractivity contribution in [3.05, 3.63) is 59.7 Å². The van der Waals surface area contributed by atoms with Crippen molar-refractivity contribution in [2.24, 2.45) is 0 Å². The van der Waals surface area contributed by atoms with Gasteiger partial charge in [-0.1, -0.05) is 18.2 Å². The van der Waals surface area contributed by atoms with Gasteiger partial charge in [-0.3, -0.25) is 4.79 Å². The van der Waals surface area contributed by atoms with Crippen LogP contribution in [0.1, 0.15) is 28.9 Å². The zero-order valence-electron chi connectivity index (χ0n) is 15.4. The Hall–Kier alpha value is -2.73. The van der Waals surface area contributed by atoms with Crippen LogP contribution in [-0.4, -0.2) is 33.7 Å². The van der Waals surface area contributed by atoms with E-state index in [2.05, 4.69) is 9.46 Å². The second-order valence-electron chi connectivity index (χ2n) is 6.08. The molecule has 12 heteroatoms.